The number of hydrogen-bond donors (Lipinski definition) is 4. The zero-order valence-electron chi connectivity index (χ0n) is 36.6. The fourth-order valence-corrected chi connectivity index (χ4v) is 6.72. The van der Waals surface area contributed by atoms with Gasteiger partial charge in [-0.05, 0) is 76.7 Å². The van der Waals surface area contributed by atoms with Gasteiger partial charge in [-0.1, -0.05) is 166 Å². The molecule has 2 atom stereocenters. The molecule has 9 heteroatoms. The van der Waals surface area contributed by atoms with Crippen molar-refractivity contribution in [2.45, 2.75) is 231 Å². The number of allylic oxidation sites excluding steroid dienone is 5. The van der Waals surface area contributed by atoms with E-state index in [1.807, 2.05) is 0 Å². The van der Waals surface area contributed by atoms with Crippen molar-refractivity contribution in [2.75, 3.05) is 13.2 Å². The van der Waals surface area contributed by atoms with E-state index in [0.29, 0.717) is 19.3 Å². The number of aliphatic carboxylic acids is 1. The van der Waals surface area contributed by atoms with Crippen LogP contribution in [0.25, 0.3) is 0 Å². The Balaban J connectivity index is 4.22. The van der Waals surface area contributed by atoms with Gasteiger partial charge in [-0.2, -0.15) is 0 Å². The summed E-state index contributed by atoms with van der Waals surface area (Å²) in [6.45, 7) is 3.46. The zero-order valence-corrected chi connectivity index (χ0v) is 36.6. The first kappa shape index (κ1) is 54.1. The lowest BCUT2D eigenvalue weighted by atomic mass is 10.0. The van der Waals surface area contributed by atoms with E-state index < -0.39 is 24.5 Å². The van der Waals surface area contributed by atoms with E-state index in [1.165, 1.54) is 122 Å². The van der Waals surface area contributed by atoms with E-state index in [-0.39, 0.29) is 24.5 Å². The molecular formula is C48H86N2O7. The Bertz CT molecular complexity index is 1060. The van der Waals surface area contributed by atoms with E-state index in [4.69, 9.17) is 14.9 Å². The van der Waals surface area contributed by atoms with E-state index >= 15 is 0 Å². The standard InChI is InChI=1S/C48H86N2O7/c1-3-5-7-9-11-13-14-15-16-17-18-19-20-21-22-24-26-32-36-40-47(54)57-43(37-33-29-25-23-12-10-8-6-4-2)38-34-30-27-28-31-35-39-45(52)49-41-46(53)50-44(42-51)48(55)56/h15-16,23,25,33,37,43-44,51H,3-14,17-22,24,26-32,34-36,38-42H2,1-2H3,(H,49,52)(H,50,53)(H,55,56)/b16-15-,25-23-,37-33-. The number of esters is 1. The van der Waals surface area contributed by atoms with Crippen LogP contribution in [0.5, 0.6) is 0 Å². The van der Waals surface area contributed by atoms with Crippen molar-refractivity contribution in [1.82, 2.24) is 10.6 Å². The third-order valence-corrected chi connectivity index (χ3v) is 10.3. The van der Waals surface area contributed by atoms with Gasteiger partial charge in [0.05, 0.1) is 13.2 Å². The van der Waals surface area contributed by atoms with Gasteiger partial charge in [0.15, 0.2) is 0 Å². The van der Waals surface area contributed by atoms with Crippen molar-refractivity contribution >= 4 is 23.8 Å². The summed E-state index contributed by atoms with van der Waals surface area (Å²) in [4.78, 5) is 47.5. The number of carbonyl (C=O) groups is 4. The fourth-order valence-electron chi connectivity index (χ4n) is 6.72. The van der Waals surface area contributed by atoms with Gasteiger partial charge in [-0.3, -0.25) is 14.4 Å². The monoisotopic (exact) mass is 803 g/mol. The van der Waals surface area contributed by atoms with Crippen molar-refractivity contribution in [3.05, 3.63) is 36.5 Å². The van der Waals surface area contributed by atoms with Gasteiger partial charge < -0.3 is 25.6 Å². The third-order valence-electron chi connectivity index (χ3n) is 10.3. The summed E-state index contributed by atoms with van der Waals surface area (Å²) in [5, 5.41) is 22.5. The maximum atomic E-state index is 12.8. The van der Waals surface area contributed by atoms with Gasteiger partial charge >= 0.3 is 11.9 Å². The summed E-state index contributed by atoms with van der Waals surface area (Å²) in [6, 6.07) is -1.38. The molecule has 0 heterocycles. The minimum Gasteiger partial charge on any atom is -0.480 e. The summed E-state index contributed by atoms with van der Waals surface area (Å²) in [7, 11) is 0. The van der Waals surface area contributed by atoms with Crippen LogP contribution in [-0.2, 0) is 23.9 Å². The maximum absolute atomic E-state index is 12.8. The Kier molecular flexibility index (Phi) is 40.5. The van der Waals surface area contributed by atoms with Gasteiger partial charge in [0, 0.05) is 12.8 Å². The van der Waals surface area contributed by atoms with Crippen molar-refractivity contribution < 1.29 is 34.1 Å². The molecule has 0 radical (unpaired) electrons. The van der Waals surface area contributed by atoms with Gasteiger partial charge in [0.1, 0.15) is 12.1 Å². The highest BCUT2D eigenvalue weighted by atomic mass is 16.5. The molecule has 4 N–H and O–H groups in total. The smallest absolute Gasteiger partial charge is 0.328 e. The first-order valence-corrected chi connectivity index (χ1v) is 23.4. The van der Waals surface area contributed by atoms with Gasteiger partial charge in [0.2, 0.25) is 11.8 Å². The summed E-state index contributed by atoms with van der Waals surface area (Å²) in [6.07, 6.45) is 49.1. The summed E-state index contributed by atoms with van der Waals surface area (Å²) < 4.78 is 5.94. The van der Waals surface area contributed by atoms with E-state index in [9.17, 15) is 19.2 Å². The van der Waals surface area contributed by atoms with E-state index in [1.54, 1.807) is 0 Å². The van der Waals surface area contributed by atoms with Crippen molar-refractivity contribution in [1.29, 1.82) is 0 Å². The van der Waals surface area contributed by atoms with Crippen LogP contribution in [0.15, 0.2) is 36.5 Å². The number of hydrogen-bond acceptors (Lipinski definition) is 6. The van der Waals surface area contributed by atoms with E-state index in [0.717, 1.165) is 64.2 Å². The Morgan fingerprint density at radius 3 is 1.53 bits per heavy atom. The van der Waals surface area contributed by atoms with Crippen LogP contribution in [0.3, 0.4) is 0 Å². The van der Waals surface area contributed by atoms with Crippen LogP contribution in [0.1, 0.15) is 219 Å². The predicted octanol–water partition coefficient (Wildman–Crippen LogP) is 11.8. The van der Waals surface area contributed by atoms with E-state index in [2.05, 4.69) is 60.9 Å². The number of carbonyl (C=O) groups excluding carboxylic acids is 3. The number of nitrogens with one attached hydrogen (secondary N) is 2. The molecule has 0 saturated heterocycles. The van der Waals surface area contributed by atoms with Gasteiger partial charge in [-0.15, -0.1) is 0 Å². The Labute approximate surface area is 348 Å². The van der Waals surface area contributed by atoms with Crippen molar-refractivity contribution in [2.24, 2.45) is 0 Å². The fraction of sp³-hybridized carbons (Fsp3) is 0.792. The number of rotatable bonds is 42. The lowest BCUT2D eigenvalue weighted by Crippen LogP contribution is -2.47. The first-order chi connectivity index (χ1) is 27.8. The largest absolute Gasteiger partial charge is 0.480 e. The quantitative estimate of drug-likeness (QED) is 0.0273. The number of ether oxygens (including phenoxy) is 1. The third kappa shape index (κ3) is 39.7. The number of unbranched alkanes of at least 4 members (excludes halogenated alkanes) is 24. The minimum absolute atomic E-state index is 0.0944. The molecule has 0 aliphatic rings. The molecule has 0 rings (SSSR count). The summed E-state index contributed by atoms with van der Waals surface area (Å²) in [5.74, 6) is -2.34. The number of aliphatic hydroxyl groups excluding tert-OH is 1. The molecule has 0 spiro atoms. The highest BCUT2D eigenvalue weighted by molar-refractivity contribution is 5.87. The van der Waals surface area contributed by atoms with Crippen LogP contribution in [-0.4, -0.2) is 59.3 Å². The van der Waals surface area contributed by atoms with Gasteiger partial charge in [0.25, 0.3) is 0 Å². The second-order valence-corrected chi connectivity index (χ2v) is 15.8. The molecule has 0 bridgehead atoms. The molecule has 9 nitrogen and oxygen atoms in total. The van der Waals surface area contributed by atoms with Gasteiger partial charge in [-0.25, -0.2) is 4.79 Å². The lowest BCUT2D eigenvalue weighted by Gasteiger charge is -2.15. The average Bonchev–Trinajstić information content (AvgIpc) is 3.20. The van der Waals surface area contributed by atoms with Crippen LogP contribution < -0.4 is 10.6 Å². The molecule has 0 fully saturated rings. The van der Waals surface area contributed by atoms with Crippen LogP contribution in [0.4, 0.5) is 0 Å². The number of carboxylic acids is 1. The molecule has 0 aromatic rings. The average molecular weight is 803 g/mol. The summed E-state index contributed by atoms with van der Waals surface area (Å²) in [5.41, 5.74) is 0. The Morgan fingerprint density at radius 2 is 1.00 bits per heavy atom. The number of carboxylic acid groups (broad SMARTS) is 1. The normalized spacial score (nSPS) is 12.8. The second-order valence-electron chi connectivity index (χ2n) is 15.8. The zero-order chi connectivity index (χ0) is 41.9. The molecule has 0 aromatic carbocycles. The molecule has 57 heavy (non-hydrogen) atoms. The lowest BCUT2D eigenvalue weighted by molar-refractivity contribution is -0.147. The second kappa shape index (κ2) is 42.7. The first-order valence-electron chi connectivity index (χ1n) is 23.4. The number of aliphatic hydroxyl groups is 1. The summed E-state index contributed by atoms with van der Waals surface area (Å²) >= 11 is 0. The molecule has 2 amide bonds. The molecule has 0 aliphatic heterocycles. The highest BCUT2D eigenvalue weighted by Gasteiger charge is 2.18. The van der Waals surface area contributed by atoms with Crippen molar-refractivity contribution in [3.63, 3.8) is 0 Å². The highest BCUT2D eigenvalue weighted by Crippen LogP contribution is 2.16. The van der Waals surface area contributed by atoms with Crippen LogP contribution in [0, 0.1) is 0 Å². The number of amides is 2. The van der Waals surface area contributed by atoms with Crippen LogP contribution in [0.2, 0.25) is 0 Å². The SMILES string of the molecule is CCCCCC/C=C\C/C=C\C(CCCCCCCCC(=O)NCC(=O)NC(CO)C(=O)O)OC(=O)CCCCCCCCCCC/C=C\CCCCCCCC. The van der Waals surface area contributed by atoms with Crippen molar-refractivity contribution in [3.8, 4) is 0 Å². The molecule has 0 saturated carbocycles. The molecule has 0 aromatic heterocycles. The maximum Gasteiger partial charge on any atom is 0.328 e. The minimum atomic E-state index is -1.38. The molecule has 0 aliphatic carbocycles. The Morgan fingerprint density at radius 1 is 0.544 bits per heavy atom. The van der Waals surface area contributed by atoms with Crippen LogP contribution >= 0.6 is 0 Å². The molecule has 2 unspecified atom stereocenters. The molecule has 330 valence electrons. The predicted molar refractivity (Wildman–Crippen MR) is 236 cm³/mol. The molecular weight excluding hydrogens is 717 g/mol. The topological polar surface area (TPSA) is 142 Å². The Hall–Kier alpha value is -2.94.